The van der Waals surface area contributed by atoms with Crippen LogP contribution in [0.25, 0.3) is 0 Å². The summed E-state index contributed by atoms with van der Waals surface area (Å²) < 4.78 is 38.5. The Kier molecular flexibility index (Phi) is 10.6. The van der Waals surface area contributed by atoms with Crippen LogP contribution in [0.5, 0.6) is 11.5 Å². The number of rotatable bonds is 13. The number of aliphatic carboxylic acids is 1. The molecule has 3 atom stereocenters. The fraction of sp³-hybridized carbons (Fsp3) is 0.647. The van der Waals surface area contributed by atoms with Crippen molar-refractivity contribution in [2.45, 2.75) is 89.9 Å². The standard InChI is InChI=1S/C34H48FN3O6/c1-34(2)13-11-28(44-21-34)22-17-26(31(42-4)27(35)18-22)30(33(39)40)38-15-12-24(20-38)43-16-7-5-6-9-23-19-29(41-3)25-10-8-14-36-32(25)37-23/h17-19,24,28,30H,5-16,20-21H2,1-4H3,(H,36,37)(H,39,40)/t24-,28+,30+/m1/s1. The number of unbranched alkanes of at least 4 members (excludes halogenated alkanes) is 2. The van der Waals surface area contributed by atoms with E-state index in [1.54, 1.807) is 13.2 Å². The number of fused-ring (bicyclic) bond motifs is 1. The van der Waals surface area contributed by atoms with Crippen LogP contribution < -0.4 is 14.8 Å². The van der Waals surface area contributed by atoms with Crippen molar-refractivity contribution in [1.82, 2.24) is 9.88 Å². The number of benzene rings is 1. The van der Waals surface area contributed by atoms with Gasteiger partial charge in [0.2, 0.25) is 0 Å². The van der Waals surface area contributed by atoms with Crippen LogP contribution in [0, 0.1) is 11.2 Å². The maximum Gasteiger partial charge on any atom is 0.325 e. The third-order valence-electron chi connectivity index (χ3n) is 9.18. The lowest BCUT2D eigenvalue weighted by Crippen LogP contribution is -2.34. The number of ether oxygens (including phenoxy) is 4. The second kappa shape index (κ2) is 14.4. The van der Waals surface area contributed by atoms with Crippen molar-refractivity contribution >= 4 is 11.8 Å². The molecule has 44 heavy (non-hydrogen) atoms. The van der Waals surface area contributed by atoms with E-state index in [4.69, 9.17) is 23.9 Å². The molecule has 0 spiro atoms. The van der Waals surface area contributed by atoms with Crippen molar-refractivity contribution < 1.29 is 33.2 Å². The number of nitrogens with zero attached hydrogens (tertiary/aromatic N) is 2. The Morgan fingerprint density at radius 1 is 1.20 bits per heavy atom. The minimum Gasteiger partial charge on any atom is -0.496 e. The van der Waals surface area contributed by atoms with Crippen molar-refractivity contribution in [2.75, 3.05) is 52.4 Å². The Morgan fingerprint density at radius 2 is 2.05 bits per heavy atom. The van der Waals surface area contributed by atoms with E-state index in [0.29, 0.717) is 37.4 Å². The zero-order valence-corrected chi connectivity index (χ0v) is 26.6. The molecule has 0 amide bonds. The van der Waals surface area contributed by atoms with E-state index in [2.05, 4.69) is 25.2 Å². The number of aryl methyl sites for hydroxylation is 1. The molecule has 2 saturated heterocycles. The number of carboxylic acids is 1. The number of halogens is 1. The van der Waals surface area contributed by atoms with Crippen LogP contribution in [-0.4, -0.2) is 74.1 Å². The molecule has 2 N–H and O–H groups in total. The Morgan fingerprint density at radius 3 is 2.77 bits per heavy atom. The summed E-state index contributed by atoms with van der Waals surface area (Å²) in [6, 6.07) is 4.22. The van der Waals surface area contributed by atoms with Gasteiger partial charge in [-0.25, -0.2) is 9.37 Å². The second-order valence-corrected chi connectivity index (χ2v) is 13.1. The summed E-state index contributed by atoms with van der Waals surface area (Å²) in [5.41, 5.74) is 3.27. The molecule has 4 heterocycles. The molecular weight excluding hydrogens is 565 g/mol. The Labute approximate surface area is 260 Å². The maximum absolute atomic E-state index is 15.3. The molecule has 10 heteroatoms. The molecule has 0 aliphatic carbocycles. The maximum atomic E-state index is 15.3. The van der Waals surface area contributed by atoms with Crippen molar-refractivity contribution in [1.29, 1.82) is 0 Å². The van der Waals surface area contributed by atoms with Crippen molar-refractivity contribution in [3.05, 3.63) is 46.4 Å². The molecule has 242 valence electrons. The second-order valence-electron chi connectivity index (χ2n) is 13.1. The summed E-state index contributed by atoms with van der Waals surface area (Å²) in [6.45, 7) is 7.45. The van der Waals surface area contributed by atoms with Crippen LogP contribution in [0.1, 0.15) is 93.3 Å². The molecule has 3 aliphatic heterocycles. The summed E-state index contributed by atoms with van der Waals surface area (Å²) >= 11 is 0. The van der Waals surface area contributed by atoms with E-state index in [9.17, 15) is 9.90 Å². The zero-order valence-electron chi connectivity index (χ0n) is 26.6. The summed E-state index contributed by atoms with van der Waals surface area (Å²) in [5.74, 6) is 0.256. The Balaban J connectivity index is 1.13. The number of hydrogen-bond acceptors (Lipinski definition) is 8. The van der Waals surface area contributed by atoms with Gasteiger partial charge in [0.1, 0.15) is 17.6 Å². The van der Waals surface area contributed by atoms with E-state index in [1.165, 1.54) is 18.7 Å². The lowest BCUT2D eigenvalue weighted by molar-refractivity contribution is -0.143. The summed E-state index contributed by atoms with van der Waals surface area (Å²) in [5, 5.41) is 13.7. The molecule has 1 aromatic heterocycles. The number of likely N-dealkylation sites (tertiary alicyclic amines) is 1. The number of anilines is 1. The number of aromatic nitrogens is 1. The van der Waals surface area contributed by atoms with Gasteiger partial charge in [0.25, 0.3) is 0 Å². The van der Waals surface area contributed by atoms with E-state index < -0.39 is 17.8 Å². The average Bonchev–Trinajstić information content (AvgIpc) is 3.46. The third-order valence-corrected chi connectivity index (χ3v) is 9.18. The lowest BCUT2D eigenvalue weighted by atomic mass is 9.83. The first-order valence-corrected chi connectivity index (χ1v) is 16.1. The van der Waals surface area contributed by atoms with Gasteiger partial charge in [-0.2, -0.15) is 0 Å². The monoisotopic (exact) mass is 613 g/mol. The van der Waals surface area contributed by atoms with Gasteiger partial charge in [0.05, 0.1) is 33.0 Å². The van der Waals surface area contributed by atoms with Gasteiger partial charge in [-0.05, 0) is 74.5 Å². The first kappa shape index (κ1) is 32.4. The number of pyridine rings is 1. The first-order chi connectivity index (χ1) is 21.2. The number of carboxylic acid groups (broad SMARTS) is 1. The van der Waals surface area contributed by atoms with Gasteiger partial charge < -0.3 is 29.4 Å². The van der Waals surface area contributed by atoms with Gasteiger partial charge in [-0.15, -0.1) is 0 Å². The van der Waals surface area contributed by atoms with Crippen LogP contribution in [-0.2, 0) is 27.1 Å². The van der Waals surface area contributed by atoms with Gasteiger partial charge in [0, 0.05) is 49.1 Å². The fourth-order valence-corrected chi connectivity index (χ4v) is 6.72. The summed E-state index contributed by atoms with van der Waals surface area (Å²) in [4.78, 5) is 19.3. The fourth-order valence-electron chi connectivity index (χ4n) is 6.72. The van der Waals surface area contributed by atoms with Crippen LogP contribution in [0.15, 0.2) is 18.2 Å². The third kappa shape index (κ3) is 7.64. The quantitative estimate of drug-likeness (QED) is 0.259. The number of methoxy groups -OCH3 is 2. The summed E-state index contributed by atoms with van der Waals surface area (Å²) in [7, 11) is 3.10. The zero-order chi connectivity index (χ0) is 31.3. The molecule has 1 aromatic carbocycles. The first-order valence-electron chi connectivity index (χ1n) is 16.1. The normalized spacial score (nSPS) is 22.2. The van der Waals surface area contributed by atoms with Gasteiger partial charge in [-0.3, -0.25) is 9.69 Å². The number of hydrogen-bond donors (Lipinski definition) is 2. The highest BCUT2D eigenvalue weighted by Gasteiger charge is 2.38. The smallest absolute Gasteiger partial charge is 0.325 e. The molecule has 2 fully saturated rings. The van der Waals surface area contributed by atoms with Gasteiger partial charge >= 0.3 is 5.97 Å². The SMILES string of the molecule is COc1cc(CCCCCO[C@@H]2CCN([C@H](C(=O)O)c3cc([C@@H]4CCC(C)(C)CO4)cc(F)c3OC)C2)nc2c1CCCN2. The molecule has 0 unspecified atom stereocenters. The summed E-state index contributed by atoms with van der Waals surface area (Å²) in [6.07, 6.45) is 7.97. The van der Waals surface area contributed by atoms with Crippen molar-refractivity contribution in [2.24, 2.45) is 5.41 Å². The minimum absolute atomic E-state index is 0.0246. The van der Waals surface area contributed by atoms with Crippen LogP contribution in [0.4, 0.5) is 10.2 Å². The van der Waals surface area contributed by atoms with E-state index in [0.717, 1.165) is 81.6 Å². The molecule has 3 aliphatic rings. The molecule has 9 nitrogen and oxygen atoms in total. The van der Waals surface area contributed by atoms with Crippen molar-refractivity contribution in [3.8, 4) is 11.5 Å². The predicted octanol–water partition coefficient (Wildman–Crippen LogP) is 6.10. The lowest BCUT2D eigenvalue weighted by Gasteiger charge is -2.35. The van der Waals surface area contributed by atoms with Crippen molar-refractivity contribution in [3.63, 3.8) is 0 Å². The Hall–Kier alpha value is -2.95. The van der Waals surface area contributed by atoms with Crippen LogP contribution in [0.3, 0.4) is 0 Å². The molecule has 2 aromatic rings. The van der Waals surface area contributed by atoms with Crippen LogP contribution in [0.2, 0.25) is 0 Å². The minimum atomic E-state index is -1.04. The Bertz CT molecular complexity index is 1280. The molecule has 0 saturated carbocycles. The largest absolute Gasteiger partial charge is 0.496 e. The number of nitrogens with one attached hydrogen (secondary N) is 1. The predicted molar refractivity (Wildman–Crippen MR) is 166 cm³/mol. The average molecular weight is 614 g/mol. The number of carbonyl (C=O) groups is 1. The topological polar surface area (TPSA) is 102 Å². The van der Waals surface area contributed by atoms with E-state index in [1.807, 2.05) is 4.90 Å². The highest BCUT2D eigenvalue weighted by Crippen LogP contribution is 2.41. The highest BCUT2D eigenvalue weighted by molar-refractivity contribution is 5.77. The van der Waals surface area contributed by atoms with Gasteiger partial charge in [0.15, 0.2) is 11.6 Å². The molecular formula is C34H48FN3O6. The van der Waals surface area contributed by atoms with Gasteiger partial charge in [-0.1, -0.05) is 20.3 Å². The highest BCUT2D eigenvalue weighted by atomic mass is 19.1. The molecule has 0 radical (unpaired) electrons. The van der Waals surface area contributed by atoms with E-state index >= 15 is 4.39 Å². The molecule has 0 bridgehead atoms. The van der Waals surface area contributed by atoms with Crippen LogP contribution >= 0.6 is 0 Å². The molecule has 5 rings (SSSR count). The van der Waals surface area contributed by atoms with E-state index in [-0.39, 0.29) is 23.4 Å².